The van der Waals surface area contributed by atoms with Gasteiger partial charge in [-0.1, -0.05) is 12.1 Å². The van der Waals surface area contributed by atoms with Crippen molar-refractivity contribution in [2.24, 2.45) is 0 Å². The number of amides is 1. The zero-order valence-electron chi connectivity index (χ0n) is 9.00. The normalized spacial score (nSPS) is 12.9. The van der Waals surface area contributed by atoms with E-state index in [1.807, 2.05) is 30.3 Å². The van der Waals surface area contributed by atoms with Crippen molar-refractivity contribution in [3.8, 4) is 0 Å². The minimum absolute atomic E-state index is 0.00533. The van der Waals surface area contributed by atoms with Crippen LogP contribution in [0.5, 0.6) is 0 Å². The van der Waals surface area contributed by atoms with Crippen LogP contribution in [0.1, 0.15) is 17.3 Å². The van der Waals surface area contributed by atoms with Gasteiger partial charge in [0, 0.05) is 34.3 Å². The number of carbonyl (C=O) groups excluding carboxylic acids is 1. The molecule has 0 saturated heterocycles. The van der Waals surface area contributed by atoms with E-state index in [4.69, 9.17) is 0 Å². The first-order valence-electron chi connectivity index (χ1n) is 5.42. The molecule has 3 heteroatoms. The van der Waals surface area contributed by atoms with Crippen LogP contribution in [0.2, 0.25) is 0 Å². The Morgan fingerprint density at radius 1 is 1.25 bits per heavy atom. The molecule has 2 N–H and O–H groups in total. The van der Waals surface area contributed by atoms with E-state index in [-0.39, 0.29) is 5.91 Å². The van der Waals surface area contributed by atoms with Crippen molar-refractivity contribution in [2.75, 3.05) is 17.2 Å². The highest BCUT2D eigenvalue weighted by Gasteiger charge is 2.21. The van der Waals surface area contributed by atoms with E-state index in [0.717, 1.165) is 34.3 Å². The van der Waals surface area contributed by atoms with Crippen molar-refractivity contribution in [1.29, 1.82) is 0 Å². The molecule has 1 amide bonds. The summed E-state index contributed by atoms with van der Waals surface area (Å²) in [6.45, 7) is 2.94. The first kappa shape index (κ1) is 9.21. The van der Waals surface area contributed by atoms with Gasteiger partial charge in [-0.3, -0.25) is 4.79 Å². The van der Waals surface area contributed by atoms with Crippen LogP contribution in [0.4, 0.5) is 11.4 Å². The van der Waals surface area contributed by atoms with Gasteiger partial charge in [0.2, 0.25) is 0 Å². The lowest BCUT2D eigenvalue weighted by atomic mass is 10.0. The summed E-state index contributed by atoms with van der Waals surface area (Å²) < 4.78 is 0. The molecule has 0 radical (unpaired) electrons. The average Bonchev–Trinajstić information content (AvgIpc) is 2.61. The molecule has 2 aromatic carbocycles. The van der Waals surface area contributed by atoms with Crippen LogP contribution in [0.15, 0.2) is 30.3 Å². The van der Waals surface area contributed by atoms with E-state index in [2.05, 4.69) is 17.6 Å². The molecule has 1 aliphatic rings. The third-order valence-corrected chi connectivity index (χ3v) is 2.90. The van der Waals surface area contributed by atoms with Crippen molar-refractivity contribution in [1.82, 2.24) is 0 Å². The minimum atomic E-state index is -0.00533. The number of anilines is 2. The Bertz CT molecular complexity index is 590. The number of benzene rings is 2. The SMILES string of the molecule is CCNc1ccc2c3c(cccc13)NC2=O. The topological polar surface area (TPSA) is 41.1 Å². The van der Waals surface area contributed by atoms with Crippen molar-refractivity contribution in [2.45, 2.75) is 6.92 Å². The van der Waals surface area contributed by atoms with Crippen LogP contribution in [0, 0.1) is 0 Å². The van der Waals surface area contributed by atoms with Gasteiger partial charge in [-0.25, -0.2) is 0 Å². The Balaban J connectivity index is 2.37. The molecule has 3 rings (SSSR count). The van der Waals surface area contributed by atoms with E-state index in [9.17, 15) is 4.79 Å². The van der Waals surface area contributed by atoms with E-state index >= 15 is 0 Å². The zero-order chi connectivity index (χ0) is 11.1. The molecule has 1 heterocycles. The Kier molecular flexibility index (Phi) is 1.86. The van der Waals surface area contributed by atoms with Crippen LogP contribution in [0.25, 0.3) is 10.8 Å². The molecule has 0 fully saturated rings. The van der Waals surface area contributed by atoms with Crippen LogP contribution >= 0.6 is 0 Å². The fourth-order valence-corrected chi connectivity index (χ4v) is 2.23. The summed E-state index contributed by atoms with van der Waals surface area (Å²) in [4.78, 5) is 11.7. The van der Waals surface area contributed by atoms with Crippen LogP contribution < -0.4 is 10.6 Å². The molecule has 0 saturated carbocycles. The Morgan fingerprint density at radius 3 is 2.94 bits per heavy atom. The van der Waals surface area contributed by atoms with E-state index in [1.165, 1.54) is 0 Å². The summed E-state index contributed by atoms with van der Waals surface area (Å²) in [6.07, 6.45) is 0. The molecular weight excluding hydrogens is 200 g/mol. The van der Waals surface area contributed by atoms with Gasteiger partial charge in [-0.2, -0.15) is 0 Å². The summed E-state index contributed by atoms with van der Waals surface area (Å²) in [5.41, 5.74) is 2.77. The fourth-order valence-electron chi connectivity index (χ4n) is 2.23. The molecular formula is C13H12N2O. The van der Waals surface area contributed by atoms with E-state index in [1.54, 1.807) is 0 Å². The largest absolute Gasteiger partial charge is 0.385 e. The molecule has 3 nitrogen and oxygen atoms in total. The fraction of sp³-hybridized carbons (Fsp3) is 0.154. The lowest BCUT2D eigenvalue weighted by molar-refractivity contribution is 0.103. The molecule has 0 unspecified atom stereocenters. The molecule has 0 bridgehead atoms. The number of hydrogen-bond acceptors (Lipinski definition) is 2. The third kappa shape index (κ3) is 1.11. The highest BCUT2D eigenvalue weighted by molar-refractivity contribution is 6.25. The standard InChI is InChI=1S/C13H12N2O/c1-2-14-10-7-6-9-12-8(10)4-3-5-11(12)15-13(9)16/h3-7,14H,2H2,1H3,(H,15,16). The molecule has 2 aromatic rings. The predicted octanol–water partition coefficient (Wildman–Crippen LogP) is 2.84. The highest BCUT2D eigenvalue weighted by Crippen LogP contribution is 2.36. The smallest absolute Gasteiger partial charge is 0.256 e. The molecule has 0 aliphatic carbocycles. The van der Waals surface area contributed by atoms with Gasteiger partial charge in [0.05, 0.1) is 0 Å². The summed E-state index contributed by atoms with van der Waals surface area (Å²) in [5, 5.41) is 8.32. The lowest BCUT2D eigenvalue weighted by Crippen LogP contribution is -2.04. The summed E-state index contributed by atoms with van der Waals surface area (Å²) in [5.74, 6) is -0.00533. The molecule has 0 aromatic heterocycles. The summed E-state index contributed by atoms with van der Waals surface area (Å²) in [7, 11) is 0. The van der Waals surface area contributed by atoms with E-state index < -0.39 is 0 Å². The van der Waals surface area contributed by atoms with Crippen molar-refractivity contribution in [3.05, 3.63) is 35.9 Å². The van der Waals surface area contributed by atoms with Gasteiger partial charge in [0.1, 0.15) is 0 Å². The van der Waals surface area contributed by atoms with Gasteiger partial charge < -0.3 is 10.6 Å². The first-order chi connectivity index (χ1) is 7.81. The van der Waals surface area contributed by atoms with E-state index in [0.29, 0.717) is 0 Å². The van der Waals surface area contributed by atoms with Crippen molar-refractivity contribution in [3.63, 3.8) is 0 Å². The molecule has 1 aliphatic heterocycles. The quantitative estimate of drug-likeness (QED) is 0.803. The second-order valence-electron chi connectivity index (χ2n) is 3.87. The number of rotatable bonds is 2. The Morgan fingerprint density at radius 2 is 2.12 bits per heavy atom. The maximum Gasteiger partial charge on any atom is 0.256 e. The molecule has 80 valence electrons. The lowest BCUT2D eigenvalue weighted by Gasteiger charge is -2.08. The average molecular weight is 212 g/mol. The number of carbonyl (C=O) groups is 1. The minimum Gasteiger partial charge on any atom is -0.385 e. The summed E-state index contributed by atoms with van der Waals surface area (Å²) in [6, 6.07) is 9.79. The van der Waals surface area contributed by atoms with Gasteiger partial charge >= 0.3 is 0 Å². The van der Waals surface area contributed by atoms with Crippen LogP contribution in [-0.4, -0.2) is 12.5 Å². The highest BCUT2D eigenvalue weighted by atomic mass is 16.1. The second-order valence-corrected chi connectivity index (χ2v) is 3.87. The zero-order valence-corrected chi connectivity index (χ0v) is 9.00. The predicted molar refractivity (Wildman–Crippen MR) is 66.1 cm³/mol. The van der Waals surface area contributed by atoms with Crippen LogP contribution in [-0.2, 0) is 0 Å². The number of hydrogen-bond donors (Lipinski definition) is 2. The second kappa shape index (κ2) is 3.23. The van der Waals surface area contributed by atoms with Crippen molar-refractivity contribution < 1.29 is 4.79 Å². The van der Waals surface area contributed by atoms with Gasteiger partial charge in [0.15, 0.2) is 0 Å². The van der Waals surface area contributed by atoms with Gasteiger partial charge in [-0.15, -0.1) is 0 Å². The third-order valence-electron chi connectivity index (χ3n) is 2.90. The maximum absolute atomic E-state index is 11.7. The monoisotopic (exact) mass is 212 g/mol. The molecule has 0 atom stereocenters. The molecule has 16 heavy (non-hydrogen) atoms. The van der Waals surface area contributed by atoms with Crippen LogP contribution in [0.3, 0.4) is 0 Å². The van der Waals surface area contributed by atoms with Gasteiger partial charge in [-0.05, 0) is 25.1 Å². The summed E-state index contributed by atoms with van der Waals surface area (Å²) >= 11 is 0. The van der Waals surface area contributed by atoms with Crippen molar-refractivity contribution >= 4 is 28.1 Å². The maximum atomic E-state index is 11.7. The molecule has 0 spiro atoms. The Labute approximate surface area is 93.5 Å². The first-order valence-corrected chi connectivity index (χ1v) is 5.42. The van der Waals surface area contributed by atoms with Gasteiger partial charge in [0.25, 0.3) is 5.91 Å². The Hall–Kier alpha value is -2.03. The number of nitrogens with one attached hydrogen (secondary N) is 2.